The van der Waals surface area contributed by atoms with Crippen LogP contribution in [0, 0.1) is 11.8 Å². The van der Waals surface area contributed by atoms with Crippen LogP contribution >= 0.6 is 0 Å². The van der Waals surface area contributed by atoms with Crippen LogP contribution in [-0.4, -0.2) is 49.9 Å². The van der Waals surface area contributed by atoms with E-state index in [1.807, 2.05) is 6.92 Å². The molecule has 2 aliphatic carbocycles. The molecule has 7 heteroatoms. The van der Waals surface area contributed by atoms with Crippen molar-refractivity contribution < 1.29 is 33.3 Å². The molecule has 0 amide bonds. The molecule has 2 unspecified atom stereocenters. The Hall–Kier alpha value is -1.47. The van der Waals surface area contributed by atoms with Crippen LogP contribution < -0.4 is 0 Å². The van der Waals surface area contributed by atoms with E-state index < -0.39 is 5.79 Å². The van der Waals surface area contributed by atoms with E-state index in [0.717, 1.165) is 32.1 Å². The zero-order valence-corrected chi connectivity index (χ0v) is 16.5. The van der Waals surface area contributed by atoms with Gasteiger partial charge in [0.25, 0.3) is 0 Å². The molecule has 2 atom stereocenters. The molecule has 3 aliphatic rings. The van der Waals surface area contributed by atoms with E-state index in [1.165, 1.54) is 0 Å². The summed E-state index contributed by atoms with van der Waals surface area (Å²) in [6.45, 7) is 5.76. The highest BCUT2D eigenvalue weighted by atomic mass is 16.7. The number of ether oxygens (including phenoxy) is 4. The van der Waals surface area contributed by atoms with Gasteiger partial charge in [0, 0.05) is 25.7 Å². The molecule has 1 spiro atoms. The standard InChI is InChI=1S/C11H18O4.C9H14O3/c1-2-13-10(12)9-4-3-5-11(8-9)14-6-7-15-11;1-2-12-9(11)7-4-3-5-8(10)6-7/h9H,2-8H2,1H3;7H,2-6H2,1H3. The predicted molar refractivity (Wildman–Crippen MR) is 96.8 cm³/mol. The highest BCUT2D eigenvalue weighted by Gasteiger charge is 2.43. The molecule has 154 valence electrons. The van der Waals surface area contributed by atoms with Crippen LogP contribution in [0.25, 0.3) is 0 Å². The van der Waals surface area contributed by atoms with Crippen molar-refractivity contribution in [2.45, 2.75) is 71.0 Å². The lowest BCUT2D eigenvalue weighted by atomic mass is 9.85. The zero-order chi connectivity index (χ0) is 19.7. The van der Waals surface area contributed by atoms with Crippen LogP contribution in [0.3, 0.4) is 0 Å². The van der Waals surface area contributed by atoms with Crippen molar-refractivity contribution in [3.8, 4) is 0 Å². The summed E-state index contributed by atoms with van der Waals surface area (Å²) in [5.41, 5.74) is 0. The summed E-state index contributed by atoms with van der Waals surface area (Å²) in [6, 6.07) is 0. The Morgan fingerprint density at radius 3 is 2.19 bits per heavy atom. The molecule has 3 fully saturated rings. The molecule has 0 radical (unpaired) electrons. The summed E-state index contributed by atoms with van der Waals surface area (Å²) in [4.78, 5) is 33.7. The number of ketones is 1. The van der Waals surface area contributed by atoms with Gasteiger partial charge < -0.3 is 18.9 Å². The Morgan fingerprint density at radius 2 is 1.59 bits per heavy atom. The van der Waals surface area contributed by atoms with Gasteiger partial charge in [0.15, 0.2) is 5.79 Å². The van der Waals surface area contributed by atoms with Gasteiger partial charge in [0.05, 0.1) is 38.3 Å². The van der Waals surface area contributed by atoms with E-state index in [2.05, 4.69) is 0 Å². The van der Waals surface area contributed by atoms with Crippen molar-refractivity contribution in [3.63, 3.8) is 0 Å². The second-order valence-electron chi connectivity index (χ2n) is 7.24. The number of carbonyl (C=O) groups excluding carboxylic acids is 3. The molecule has 2 saturated carbocycles. The molecule has 0 bridgehead atoms. The van der Waals surface area contributed by atoms with Crippen molar-refractivity contribution in [1.29, 1.82) is 0 Å². The van der Waals surface area contributed by atoms with Crippen molar-refractivity contribution in [3.05, 3.63) is 0 Å². The van der Waals surface area contributed by atoms with Crippen LogP contribution in [0.5, 0.6) is 0 Å². The molecule has 7 nitrogen and oxygen atoms in total. The largest absolute Gasteiger partial charge is 0.466 e. The van der Waals surface area contributed by atoms with Crippen LogP contribution in [-0.2, 0) is 33.3 Å². The maximum Gasteiger partial charge on any atom is 0.309 e. The second-order valence-corrected chi connectivity index (χ2v) is 7.24. The Balaban J connectivity index is 0.000000199. The van der Waals surface area contributed by atoms with Crippen molar-refractivity contribution in [2.75, 3.05) is 26.4 Å². The monoisotopic (exact) mass is 384 g/mol. The molecular formula is C20H32O7. The summed E-state index contributed by atoms with van der Waals surface area (Å²) in [5, 5.41) is 0. The molecule has 3 rings (SSSR count). The lowest BCUT2D eigenvalue weighted by Gasteiger charge is -2.34. The Bertz CT molecular complexity index is 510. The first kappa shape index (κ1) is 21.8. The molecule has 0 aromatic carbocycles. The van der Waals surface area contributed by atoms with Crippen LogP contribution in [0.1, 0.15) is 65.2 Å². The first-order valence-corrected chi connectivity index (χ1v) is 10.1. The van der Waals surface area contributed by atoms with E-state index in [-0.39, 0.29) is 29.6 Å². The molecular weight excluding hydrogens is 352 g/mol. The van der Waals surface area contributed by atoms with Gasteiger partial charge in [0.1, 0.15) is 5.78 Å². The number of Topliss-reactive ketones (excluding diaryl/α,β-unsaturated/α-hetero) is 1. The van der Waals surface area contributed by atoms with Crippen molar-refractivity contribution >= 4 is 17.7 Å². The lowest BCUT2D eigenvalue weighted by Crippen LogP contribution is -2.39. The predicted octanol–water partition coefficient (Wildman–Crippen LogP) is 2.79. The fourth-order valence-electron chi connectivity index (χ4n) is 3.90. The van der Waals surface area contributed by atoms with Gasteiger partial charge in [-0.25, -0.2) is 0 Å². The molecule has 27 heavy (non-hydrogen) atoms. The van der Waals surface area contributed by atoms with Crippen LogP contribution in [0.2, 0.25) is 0 Å². The van der Waals surface area contributed by atoms with Crippen molar-refractivity contribution in [2.24, 2.45) is 11.8 Å². The SMILES string of the molecule is CCOC(=O)C1CCCC(=O)C1.CCOC(=O)C1CCCC2(C1)OCCO2. The third kappa shape index (κ3) is 6.57. The normalized spacial score (nSPS) is 26.8. The third-order valence-corrected chi connectivity index (χ3v) is 5.20. The number of hydrogen-bond donors (Lipinski definition) is 0. The summed E-state index contributed by atoms with van der Waals surface area (Å²) in [7, 11) is 0. The first-order valence-electron chi connectivity index (χ1n) is 10.1. The van der Waals surface area contributed by atoms with Gasteiger partial charge >= 0.3 is 11.9 Å². The van der Waals surface area contributed by atoms with Gasteiger partial charge in [-0.3, -0.25) is 14.4 Å². The Labute approximate surface area is 161 Å². The Morgan fingerprint density at radius 1 is 1.00 bits per heavy atom. The number of hydrogen-bond acceptors (Lipinski definition) is 7. The fraction of sp³-hybridized carbons (Fsp3) is 0.850. The summed E-state index contributed by atoms with van der Waals surface area (Å²) in [6.07, 6.45) is 6.10. The topological polar surface area (TPSA) is 88.1 Å². The second kappa shape index (κ2) is 10.8. The average molecular weight is 384 g/mol. The third-order valence-electron chi connectivity index (χ3n) is 5.20. The zero-order valence-electron chi connectivity index (χ0n) is 16.5. The molecule has 0 N–H and O–H groups in total. The molecule has 1 heterocycles. The summed E-state index contributed by atoms with van der Waals surface area (Å²) < 4.78 is 21.1. The minimum absolute atomic E-state index is 0.0446. The number of esters is 2. The quantitative estimate of drug-likeness (QED) is 0.689. The summed E-state index contributed by atoms with van der Waals surface area (Å²) in [5.74, 6) is -0.793. The summed E-state index contributed by atoms with van der Waals surface area (Å²) >= 11 is 0. The first-order chi connectivity index (χ1) is 13.0. The van der Waals surface area contributed by atoms with Crippen molar-refractivity contribution in [1.82, 2.24) is 0 Å². The highest BCUT2D eigenvalue weighted by Crippen LogP contribution is 2.39. The van der Waals surface area contributed by atoms with Gasteiger partial charge in [-0.05, 0) is 39.5 Å². The van der Waals surface area contributed by atoms with Gasteiger partial charge in [-0.1, -0.05) is 0 Å². The maximum atomic E-state index is 11.6. The molecule has 0 aromatic heterocycles. The van der Waals surface area contributed by atoms with Crippen LogP contribution in [0.15, 0.2) is 0 Å². The number of rotatable bonds is 4. The highest BCUT2D eigenvalue weighted by molar-refractivity contribution is 5.85. The molecule has 0 aromatic rings. The van der Waals surface area contributed by atoms with Gasteiger partial charge in [-0.15, -0.1) is 0 Å². The van der Waals surface area contributed by atoms with E-state index in [4.69, 9.17) is 18.9 Å². The van der Waals surface area contributed by atoms with Crippen LogP contribution in [0.4, 0.5) is 0 Å². The Kier molecular flexibility index (Phi) is 8.70. The minimum atomic E-state index is -0.477. The smallest absolute Gasteiger partial charge is 0.309 e. The van der Waals surface area contributed by atoms with Gasteiger partial charge in [-0.2, -0.15) is 0 Å². The van der Waals surface area contributed by atoms with E-state index >= 15 is 0 Å². The number of carbonyl (C=O) groups is 3. The molecule has 1 saturated heterocycles. The molecule has 1 aliphatic heterocycles. The lowest BCUT2D eigenvalue weighted by molar-refractivity contribution is -0.195. The van der Waals surface area contributed by atoms with Gasteiger partial charge in [0.2, 0.25) is 0 Å². The van der Waals surface area contributed by atoms with E-state index in [1.54, 1.807) is 6.92 Å². The fourth-order valence-corrected chi connectivity index (χ4v) is 3.90. The minimum Gasteiger partial charge on any atom is -0.466 e. The maximum absolute atomic E-state index is 11.6. The average Bonchev–Trinajstić information content (AvgIpc) is 3.10. The van der Waals surface area contributed by atoms with E-state index in [9.17, 15) is 14.4 Å². The van der Waals surface area contributed by atoms with E-state index in [0.29, 0.717) is 45.7 Å².